The third-order valence-corrected chi connectivity index (χ3v) is 5.41. The second-order valence-corrected chi connectivity index (χ2v) is 7.78. The van der Waals surface area contributed by atoms with Crippen molar-refractivity contribution in [2.24, 2.45) is 0 Å². The zero-order valence-electron chi connectivity index (χ0n) is 13.6. The average molecular weight is 370 g/mol. The van der Waals surface area contributed by atoms with Gasteiger partial charge in [-0.2, -0.15) is 0 Å². The summed E-state index contributed by atoms with van der Waals surface area (Å²) in [5.74, 6) is -0.591. The van der Waals surface area contributed by atoms with E-state index in [0.717, 1.165) is 24.5 Å². The van der Waals surface area contributed by atoms with Gasteiger partial charge in [-0.3, -0.25) is 4.72 Å². The summed E-state index contributed by atoms with van der Waals surface area (Å²) in [6.45, 7) is 2.17. The van der Waals surface area contributed by atoms with Crippen molar-refractivity contribution < 1.29 is 12.8 Å². The third kappa shape index (κ3) is 5.21. The van der Waals surface area contributed by atoms with E-state index in [1.54, 1.807) is 12.1 Å². The molecule has 0 amide bonds. The molecule has 0 bridgehead atoms. The van der Waals surface area contributed by atoms with E-state index in [2.05, 4.69) is 11.6 Å². The first kappa shape index (κ1) is 18.7. The van der Waals surface area contributed by atoms with Gasteiger partial charge in [-0.25, -0.2) is 12.8 Å². The number of rotatable bonds is 8. The van der Waals surface area contributed by atoms with E-state index in [0.29, 0.717) is 0 Å². The van der Waals surface area contributed by atoms with E-state index in [9.17, 15) is 12.8 Å². The molecule has 0 aliphatic heterocycles. The first-order chi connectivity index (χ1) is 11.4. The van der Waals surface area contributed by atoms with E-state index in [4.69, 9.17) is 11.6 Å². The quantitative estimate of drug-likeness (QED) is 0.633. The number of hydrogen-bond acceptors (Lipinski definition) is 2. The molecule has 0 heterocycles. The Morgan fingerprint density at radius 3 is 2.38 bits per heavy atom. The van der Waals surface area contributed by atoms with Crippen molar-refractivity contribution in [1.82, 2.24) is 0 Å². The maximum atomic E-state index is 13.1. The smallest absolute Gasteiger partial charge is 0.261 e. The van der Waals surface area contributed by atoms with Crippen LogP contribution in [-0.2, 0) is 16.4 Å². The van der Waals surface area contributed by atoms with E-state index in [1.165, 1.54) is 31.4 Å². The van der Waals surface area contributed by atoms with E-state index < -0.39 is 15.8 Å². The highest BCUT2D eigenvalue weighted by atomic mass is 35.5. The number of sulfonamides is 1. The Morgan fingerprint density at radius 1 is 1.04 bits per heavy atom. The highest BCUT2D eigenvalue weighted by Crippen LogP contribution is 2.22. The van der Waals surface area contributed by atoms with Crippen LogP contribution in [0.5, 0.6) is 0 Å². The van der Waals surface area contributed by atoms with Gasteiger partial charge in [0.05, 0.1) is 15.6 Å². The minimum atomic E-state index is -3.72. The van der Waals surface area contributed by atoms with Crippen molar-refractivity contribution in [3.63, 3.8) is 0 Å². The molecule has 0 saturated heterocycles. The number of benzene rings is 2. The number of anilines is 1. The lowest BCUT2D eigenvalue weighted by molar-refractivity contribution is 0.601. The van der Waals surface area contributed by atoms with Crippen molar-refractivity contribution in [2.75, 3.05) is 4.72 Å². The van der Waals surface area contributed by atoms with Crippen molar-refractivity contribution >= 4 is 27.3 Å². The van der Waals surface area contributed by atoms with Gasteiger partial charge in [-0.05, 0) is 48.7 Å². The summed E-state index contributed by atoms with van der Waals surface area (Å²) in [5, 5.41) is -0.127. The van der Waals surface area contributed by atoms with Crippen LogP contribution in [-0.4, -0.2) is 8.42 Å². The molecule has 0 aliphatic carbocycles. The molecule has 6 heteroatoms. The lowest BCUT2D eigenvalue weighted by Crippen LogP contribution is -2.13. The first-order valence-corrected chi connectivity index (χ1v) is 9.85. The molecule has 3 nitrogen and oxygen atoms in total. The van der Waals surface area contributed by atoms with Crippen LogP contribution in [0.2, 0.25) is 5.02 Å². The second kappa shape index (κ2) is 8.49. The SMILES string of the molecule is CCCCCCc1ccc(S(=O)(=O)Nc2ccc(F)c(Cl)c2)cc1. The van der Waals surface area contributed by atoms with Crippen LogP contribution in [0.25, 0.3) is 0 Å². The lowest BCUT2D eigenvalue weighted by atomic mass is 10.1. The van der Waals surface area contributed by atoms with Crippen LogP contribution >= 0.6 is 11.6 Å². The van der Waals surface area contributed by atoms with Crippen LogP contribution in [0.4, 0.5) is 10.1 Å². The maximum Gasteiger partial charge on any atom is 0.261 e. The molecule has 0 aliphatic rings. The molecule has 0 fully saturated rings. The van der Waals surface area contributed by atoms with Gasteiger partial charge in [0, 0.05) is 0 Å². The number of hydrogen-bond donors (Lipinski definition) is 1. The Kier molecular flexibility index (Phi) is 6.63. The fourth-order valence-corrected chi connectivity index (χ4v) is 3.59. The summed E-state index contributed by atoms with van der Waals surface area (Å²) in [4.78, 5) is 0.167. The average Bonchev–Trinajstić information content (AvgIpc) is 2.55. The Balaban J connectivity index is 2.04. The number of halogens is 2. The minimum Gasteiger partial charge on any atom is -0.280 e. The topological polar surface area (TPSA) is 46.2 Å². The third-order valence-electron chi connectivity index (χ3n) is 3.72. The molecule has 2 aromatic rings. The van der Waals surface area contributed by atoms with Gasteiger partial charge in [0.1, 0.15) is 5.82 Å². The summed E-state index contributed by atoms with van der Waals surface area (Å²) >= 11 is 5.67. The standard InChI is InChI=1S/C18H21ClFNO2S/c1-2-3-4-5-6-14-7-10-16(11-8-14)24(22,23)21-15-9-12-18(20)17(19)13-15/h7-13,21H,2-6H2,1H3. The van der Waals surface area contributed by atoms with Gasteiger partial charge in [-0.15, -0.1) is 0 Å². The number of nitrogens with one attached hydrogen (secondary N) is 1. The molecule has 2 aromatic carbocycles. The van der Waals surface area contributed by atoms with Crippen LogP contribution in [0.15, 0.2) is 47.4 Å². The molecule has 0 spiro atoms. The minimum absolute atomic E-state index is 0.127. The Morgan fingerprint density at radius 2 is 1.75 bits per heavy atom. The highest BCUT2D eigenvalue weighted by molar-refractivity contribution is 7.92. The summed E-state index contributed by atoms with van der Waals surface area (Å²) < 4.78 is 40.3. The second-order valence-electron chi connectivity index (χ2n) is 5.69. The highest BCUT2D eigenvalue weighted by Gasteiger charge is 2.14. The van der Waals surface area contributed by atoms with Crippen LogP contribution in [0.1, 0.15) is 38.2 Å². The molecule has 24 heavy (non-hydrogen) atoms. The summed E-state index contributed by atoms with van der Waals surface area (Å²) in [7, 11) is -3.72. The van der Waals surface area contributed by atoms with E-state index in [1.807, 2.05) is 12.1 Å². The lowest BCUT2D eigenvalue weighted by Gasteiger charge is -2.09. The largest absolute Gasteiger partial charge is 0.280 e. The first-order valence-electron chi connectivity index (χ1n) is 7.99. The molecule has 0 radical (unpaired) electrons. The molecule has 130 valence electrons. The van der Waals surface area contributed by atoms with Gasteiger partial charge in [-0.1, -0.05) is 49.9 Å². The molecule has 0 unspecified atom stereocenters. The van der Waals surface area contributed by atoms with Gasteiger partial charge in [0.15, 0.2) is 0 Å². The molecular weight excluding hydrogens is 349 g/mol. The van der Waals surface area contributed by atoms with Crippen molar-refractivity contribution in [3.8, 4) is 0 Å². The Hall–Kier alpha value is -1.59. The molecular formula is C18H21ClFNO2S. The van der Waals surface area contributed by atoms with Crippen molar-refractivity contribution in [1.29, 1.82) is 0 Å². The zero-order valence-corrected chi connectivity index (χ0v) is 15.1. The summed E-state index contributed by atoms with van der Waals surface area (Å²) in [6.07, 6.45) is 5.64. The fourth-order valence-electron chi connectivity index (χ4n) is 2.36. The number of unbranched alkanes of at least 4 members (excludes halogenated alkanes) is 3. The molecule has 2 rings (SSSR count). The fraction of sp³-hybridized carbons (Fsp3) is 0.333. The molecule has 0 atom stereocenters. The maximum absolute atomic E-state index is 13.1. The van der Waals surface area contributed by atoms with Gasteiger partial charge in [0.2, 0.25) is 0 Å². The monoisotopic (exact) mass is 369 g/mol. The predicted molar refractivity (Wildman–Crippen MR) is 96.5 cm³/mol. The van der Waals surface area contributed by atoms with E-state index >= 15 is 0 Å². The van der Waals surface area contributed by atoms with Gasteiger partial charge in [0.25, 0.3) is 10.0 Å². The summed E-state index contributed by atoms with van der Waals surface area (Å²) in [6, 6.07) is 10.5. The zero-order chi connectivity index (χ0) is 17.6. The van der Waals surface area contributed by atoms with Crippen LogP contribution < -0.4 is 4.72 Å². The van der Waals surface area contributed by atoms with E-state index in [-0.39, 0.29) is 15.6 Å². The molecule has 1 N–H and O–H groups in total. The normalized spacial score (nSPS) is 11.5. The molecule has 0 saturated carbocycles. The number of aryl methyl sites for hydroxylation is 1. The predicted octanol–water partition coefficient (Wildman–Crippen LogP) is 5.40. The molecule has 0 aromatic heterocycles. The summed E-state index contributed by atoms with van der Waals surface area (Å²) in [5.41, 5.74) is 1.35. The Labute approximate surface area is 147 Å². The van der Waals surface area contributed by atoms with Crippen molar-refractivity contribution in [3.05, 3.63) is 58.9 Å². The van der Waals surface area contributed by atoms with Crippen molar-refractivity contribution in [2.45, 2.75) is 43.9 Å². The Bertz CT molecular complexity index is 776. The van der Waals surface area contributed by atoms with Gasteiger partial charge >= 0.3 is 0 Å². The van der Waals surface area contributed by atoms with Gasteiger partial charge < -0.3 is 0 Å². The van der Waals surface area contributed by atoms with Crippen LogP contribution in [0.3, 0.4) is 0 Å². The van der Waals surface area contributed by atoms with Crippen LogP contribution in [0, 0.1) is 5.82 Å².